The molecule has 0 radical (unpaired) electrons. The van der Waals surface area contributed by atoms with Crippen LogP contribution in [0.3, 0.4) is 0 Å². The molecule has 0 saturated heterocycles. The smallest absolute Gasteiger partial charge is 0.255 e. The molecule has 5 heteroatoms. The second-order valence-electron chi connectivity index (χ2n) is 3.88. The molecular formula is C10H10BF3O. The molecule has 1 aliphatic carbocycles. The Labute approximate surface area is 86.6 Å². The summed E-state index contributed by atoms with van der Waals surface area (Å²) in [7, 11) is 1.63. The first-order valence-corrected chi connectivity index (χ1v) is 4.76. The third-order valence-electron chi connectivity index (χ3n) is 2.55. The number of hydrogen-bond donors (Lipinski definition) is 0. The first-order chi connectivity index (χ1) is 6.99. The monoisotopic (exact) mass is 214 g/mol. The standard InChI is InChI=1S/C10H10BF3O/c11-8-2-1-7(3-9(8)12)15-5-6-4-10(6,13)14/h1-3,6H,4-5,11H2. The highest BCUT2D eigenvalue weighted by Gasteiger charge is 2.57. The summed E-state index contributed by atoms with van der Waals surface area (Å²) >= 11 is 0. The number of halogens is 3. The predicted molar refractivity (Wildman–Crippen MR) is 53.1 cm³/mol. The molecule has 1 atom stereocenters. The van der Waals surface area contributed by atoms with Gasteiger partial charge in [0, 0.05) is 12.5 Å². The highest BCUT2D eigenvalue weighted by atomic mass is 19.3. The van der Waals surface area contributed by atoms with Crippen LogP contribution in [0.5, 0.6) is 5.75 Å². The van der Waals surface area contributed by atoms with Gasteiger partial charge in [-0.25, -0.2) is 13.2 Å². The molecule has 1 unspecified atom stereocenters. The van der Waals surface area contributed by atoms with Gasteiger partial charge in [-0.2, -0.15) is 0 Å². The van der Waals surface area contributed by atoms with Crippen molar-refractivity contribution < 1.29 is 17.9 Å². The quantitative estimate of drug-likeness (QED) is 0.685. The molecule has 0 heterocycles. The lowest BCUT2D eigenvalue weighted by Crippen LogP contribution is -2.10. The zero-order chi connectivity index (χ0) is 11.1. The van der Waals surface area contributed by atoms with E-state index in [2.05, 4.69) is 0 Å². The topological polar surface area (TPSA) is 9.23 Å². The van der Waals surface area contributed by atoms with Crippen molar-refractivity contribution >= 4 is 13.3 Å². The molecule has 0 amide bonds. The van der Waals surface area contributed by atoms with Crippen molar-refractivity contribution in [2.45, 2.75) is 12.3 Å². The van der Waals surface area contributed by atoms with Gasteiger partial charge in [0.25, 0.3) is 5.92 Å². The summed E-state index contributed by atoms with van der Waals surface area (Å²) in [6.07, 6.45) is -0.124. The molecule has 1 aliphatic rings. The minimum atomic E-state index is -2.58. The Bertz CT molecular complexity index is 381. The molecule has 80 valence electrons. The van der Waals surface area contributed by atoms with Crippen molar-refractivity contribution in [2.75, 3.05) is 6.61 Å². The second kappa shape index (κ2) is 3.47. The highest BCUT2D eigenvalue weighted by molar-refractivity contribution is 6.32. The average Bonchev–Trinajstić information content (AvgIpc) is 2.77. The summed E-state index contributed by atoms with van der Waals surface area (Å²) in [6, 6.07) is 4.37. The molecule has 1 aromatic rings. The maximum atomic E-state index is 13.0. The van der Waals surface area contributed by atoms with Crippen LogP contribution in [-0.4, -0.2) is 20.4 Å². The lowest BCUT2D eigenvalue weighted by atomic mass is 9.96. The van der Waals surface area contributed by atoms with E-state index in [1.807, 2.05) is 0 Å². The zero-order valence-electron chi connectivity index (χ0n) is 8.27. The summed E-state index contributed by atoms with van der Waals surface area (Å²) in [5, 5.41) is 0. The van der Waals surface area contributed by atoms with Crippen molar-refractivity contribution in [1.29, 1.82) is 0 Å². The van der Waals surface area contributed by atoms with E-state index in [9.17, 15) is 13.2 Å². The minimum Gasteiger partial charge on any atom is -0.493 e. The third-order valence-corrected chi connectivity index (χ3v) is 2.55. The molecule has 15 heavy (non-hydrogen) atoms. The fourth-order valence-corrected chi connectivity index (χ4v) is 1.31. The molecular weight excluding hydrogens is 204 g/mol. The SMILES string of the molecule is Bc1ccc(OCC2CC2(F)F)cc1F. The zero-order valence-corrected chi connectivity index (χ0v) is 8.27. The Morgan fingerprint density at radius 2 is 2.13 bits per heavy atom. The van der Waals surface area contributed by atoms with Gasteiger partial charge in [-0.1, -0.05) is 11.5 Å². The number of hydrogen-bond acceptors (Lipinski definition) is 1. The maximum Gasteiger partial charge on any atom is 0.255 e. The minimum absolute atomic E-state index is 0.0461. The average molecular weight is 214 g/mol. The van der Waals surface area contributed by atoms with Gasteiger partial charge in [0.2, 0.25) is 0 Å². The maximum absolute atomic E-state index is 13.0. The second-order valence-corrected chi connectivity index (χ2v) is 3.88. The summed E-state index contributed by atoms with van der Waals surface area (Å²) in [5.74, 6) is -3.36. The fourth-order valence-electron chi connectivity index (χ4n) is 1.31. The number of alkyl halides is 2. The number of benzene rings is 1. The Morgan fingerprint density at radius 3 is 2.67 bits per heavy atom. The van der Waals surface area contributed by atoms with E-state index in [1.165, 1.54) is 6.07 Å². The van der Waals surface area contributed by atoms with Crippen LogP contribution in [-0.2, 0) is 0 Å². The highest BCUT2D eigenvalue weighted by Crippen LogP contribution is 2.48. The van der Waals surface area contributed by atoms with Gasteiger partial charge in [0.15, 0.2) is 0 Å². The number of ether oxygens (including phenoxy) is 1. The molecule has 1 saturated carbocycles. The molecule has 0 aliphatic heterocycles. The van der Waals surface area contributed by atoms with E-state index in [1.54, 1.807) is 20.0 Å². The molecule has 0 bridgehead atoms. The Kier molecular flexibility index (Phi) is 2.40. The van der Waals surface area contributed by atoms with Crippen LogP contribution in [0.4, 0.5) is 13.2 Å². The molecule has 1 nitrogen and oxygen atoms in total. The van der Waals surface area contributed by atoms with Crippen LogP contribution >= 0.6 is 0 Å². The summed E-state index contributed by atoms with van der Waals surface area (Å²) in [6.45, 7) is -0.0461. The summed E-state index contributed by atoms with van der Waals surface area (Å²) in [5.41, 5.74) is 0.513. The third kappa shape index (κ3) is 2.27. The van der Waals surface area contributed by atoms with E-state index in [-0.39, 0.29) is 18.8 Å². The van der Waals surface area contributed by atoms with Gasteiger partial charge < -0.3 is 4.74 Å². The first-order valence-electron chi connectivity index (χ1n) is 4.76. The first kappa shape index (κ1) is 10.4. The fraction of sp³-hybridized carbons (Fsp3) is 0.400. The lowest BCUT2D eigenvalue weighted by molar-refractivity contribution is 0.0856. The van der Waals surface area contributed by atoms with Crippen LogP contribution < -0.4 is 10.2 Å². The van der Waals surface area contributed by atoms with Crippen LogP contribution in [0.2, 0.25) is 0 Å². The number of rotatable bonds is 3. The summed E-state index contributed by atoms with van der Waals surface area (Å²) < 4.78 is 43.1. The molecule has 0 spiro atoms. The van der Waals surface area contributed by atoms with Crippen molar-refractivity contribution in [3.05, 3.63) is 24.0 Å². The van der Waals surface area contributed by atoms with Crippen molar-refractivity contribution in [3.63, 3.8) is 0 Å². The Hall–Kier alpha value is -1.13. The largest absolute Gasteiger partial charge is 0.493 e. The molecule has 0 aromatic heterocycles. The van der Waals surface area contributed by atoms with Crippen LogP contribution in [0, 0.1) is 11.7 Å². The normalized spacial score (nSPS) is 22.5. The summed E-state index contributed by atoms with van der Waals surface area (Å²) in [4.78, 5) is 0. The van der Waals surface area contributed by atoms with Gasteiger partial charge in [0.1, 0.15) is 19.4 Å². The van der Waals surface area contributed by atoms with E-state index >= 15 is 0 Å². The van der Waals surface area contributed by atoms with E-state index in [0.717, 1.165) is 0 Å². The van der Waals surface area contributed by atoms with Crippen LogP contribution in [0.1, 0.15) is 6.42 Å². The van der Waals surface area contributed by atoms with Gasteiger partial charge in [0.05, 0.1) is 12.5 Å². The van der Waals surface area contributed by atoms with E-state index in [0.29, 0.717) is 11.2 Å². The van der Waals surface area contributed by atoms with Crippen molar-refractivity contribution in [2.24, 2.45) is 5.92 Å². The predicted octanol–water partition coefficient (Wildman–Crippen LogP) is 1.12. The lowest BCUT2D eigenvalue weighted by Gasteiger charge is -2.06. The Balaban J connectivity index is 1.92. The van der Waals surface area contributed by atoms with E-state index in [4.69, 9.17) is 4.74 Å². The van der Waals surface area contributed by atoms with Crippen LogP contribution in [0.15, 0.2) is 18.2 Å². The van der Waals surface area contributed by atoms with E-state index < -0.39 is 11.8 Å². The van der Waals surface area contributed by atoms with Crippen molar-refractivity contribution in [3.8, 4) is 5.75 Å². The Morgan fingerprint density at radius 1 is 1.47 bits per heavy atom. The molecule has 0 N–H and O–H groups in total. The molecule has 2 rings (SSSR count). The van der Waals surface area contributed by atoms with Gasteiger partial charge in [-0.15, -0.1) is 0 Å². The van der Waals surface area contributed by atoms with Gasteiger partial charge in [-0.05, 0) is 6.07 Å². The van der Waals surface area contributed by atoms with Crippen LogP contribution in [0.25, 0.3) is 0 Å². The molecule has 1 fully saturated rings. The van der Waals surface area contributed by atoms with Gasteiger partial charge in [-0.3, -0.25) is 0 Å². The molecule has 1 aromatic carbocycles. The van der Waals surface area contributed by atoms with Gasteiger partial charge >= 0.3 is 0 Å². The van der Waals surface area contributed by atoms with Crippen molar-refractivity contribution in [1.82, 2.24) is 0 Å².